The molecule has 4 atom stereocenters. The summed E-state index contributed by atoms with van der Waals surface area (Å²) >= 11 is 0. The van der Waals surface area contributed by atoms with Gasteiger partial charge in [-0.05, 0) is 49.3 Å². The SMILES string of the molecule is CC(NC1CC2CC=CC21)c1ccc(C#N)cc1. The van der Waals surface area contributed by atoms with Crippen molar-refractivity contribution in [2.45, 2.75) is 31.8 Å². The molecule has 0 saturated heterocycles. The maximum absolute atomic E-state index is 8.79. The fourth-order valence-corrected chi connectivity index (χ4v) is 3.17. The van der Waals surface area contributed by atoms with E-state index in [9.17, 15) is 0 Å². The van der Waals surface area contributed by atoms with Crippen molar-refractivity contribution in [2.24, 2.45) is 11.8 Å². The minimum absolute atomic E-state index is 0.359. The molecule has 3 rings (SSSR count). The zero-order valence-electron chi connectivity index (χ0n) is 10.6. The average molecular weight is 238 g/mol. The molecule has 1 N–H and O–H groups in total. The van der Waals surface area contributed by atoms with Crippen LogP contribution in [0.1, 0.15) is 36.9 Å². The summed E-state index contributed by atoms with van der Waals surface area (Å²) in [6, 6.07) is 11.0. The second-order valence-corrected chi connectivity index (χ2v) is 5.47. The smallest absolute Gasteiger partial charge is 0.0991 e. The summed E-state index contributed by atoms with van der Waals surface area (Å²) in [5, 5.41) is 12.5. The van der Waals surface area contributed by atoms with E-state index in [-0.39, 0.29) is 0 Å². The van der Waals surface area contributed by atoms with Crippen molar-refractivity contribution in [1.82, 2.24) is 5.32 Å². The van der Waals surface area contributed by atoms with Gasteiger partial charge in [0.15, 0.2) is 0 Å². The van der Waals surface area contributed by atoms with Gasteiger partial charge in [0.25, 0.3) is 0 Å². The first-order chi connectivity index (χ1) is 8.78. The molecule has 2 aliphatic carbocycles. The highest BCUT2D eigenvalue weighted by atomic mass is 15.0. The molecule has 0 amide bonds. The van der Waals surface area contributed by atoms with Crippen LogP contribution < -0.4 is 5.32 Å². The zero-order valence-corrected chi connectivity index (χ0v) is 10.6. The van der Waals surface area contributed by atoms with E-state index in [0.29, 0.717) is 12.1 Å². The summed E-state index contributed by atoms with van der Waals surface area (Å²) in [4.78, 5) is 0. The molecule has 0 radical (unpaired) electrons. The summed E-state index contributed by atoms with van der Waals surface area (Å²) in [7, 11) is 0. The Balaban J connectivity index is 1.62. The van der Waals surface area contributed by atoms with Crippen LogP contribution >= 0.6 is 0 Å². The van der Waals surface area contributed by atoms with Gasteiger partial charge in [0.1, 0.15) is 0 Å². The summed E-state index contributed by atoms with van der Waals surface area (Å²) in [5.41, 5.74) is 1.99. The quantitative estimate of drug-likeness (QED) is 0.821. The number of hydrogen-bond acceptors (Lipinski definition) is 2. The lowest BCUT2D eigenvalue weighted by Gasteiger charge is -2.42. The number of allylic oxidation sites excluding steroid dienone is 1. The van der Waals surface area contributed by atoms with Crippen LogP contribution in [-0.4, -0.2) is 6.04 Å². The van der Waals surface area contributed by atoms with Gasteiger partial charge in [0.2, 0.25) is 0 Å². The van der Waals surface area contributed by atoms with E-state index in [0.717, 1.165) is 17.4 Å². The average Bonchev–Trinajstić information content (AvgIpc) is 2.77. The lowest BCUT2D eigenvalue weighted by Crippen LogP contribution is -2.48. The Morgan fingerprint density at radius 1 is 1.33 bits per heavy atom. The van der Waals surface area contributed by atoms with Crippen molar-refractivity contribution in [2.75, 3.05) is 0 Å². The summed E-state index contributed by atoms with van der Waals surface area (Å²) in [6.45, 7) is 2.20. The molecule has 18 heavy (non-hydrogen) atoms. The predicted molar refractivity (Wildman–Crippen MR) is 71.8 cm³/mol. The fraction of sp³-hybridized carbons (Fsp3) is 0.438. The normalized spacial score (nSPS) is 30.3. The Morgan fingerprint density at radius 3 is 2.78 bits per heavy atom. The molecule has 0 aromatic heterocycles. The fourth-order valence-electron chi connectivity index (χ4n) is 3.17. The van der Waals surface area contributed by atoms with E-state index in [1.807, 2.05) is 12.1 Å². The lowest BCUT2D eigenvalue weighted by molar-refractivity contribution is 0.152. The van der Waals surface area contributed by atoms with Crippen LogP contribution in [0.2, 0.25) is 0 Å². The lowest BCUT2D eigenvalue weighted by atomic mass is 9.71. The van der Waals surface area contributed by atoms with E-state index in [1.54, 1.807) is 0 Å². The number of fused-ring (bicyclic) bond motifs is 1. The van der Waals surface area contributed by atoms with E-state index in [2.05, 4.69) is 42.6 Å². The second-order valence-electron chi connectivity index (χ2n) is 5.47. The molecular formula is C16H18N2. The van der Waals surface area contributed by atoms with Gasteiger partial charge in [-0.1, -0.05) is 24.3 Å². The topological polar surface area (TPSA) is 35.8 Å². The molecule has 4 unspecified atom stereocenters. The molecule has 2 nitrogen and oxygen atoms in total. The number of hydrogen-bond donors (Lipinski definition) is 1. The van der Waals surface area contributed by atoms with Crippen LogP contribution in [0.15, 0.2) is 36.4 Å². The van der Waals surface area contributed by atoms with Crippen molar-refractivity contribution < 1.29 is 0 Å². The molecule has 1 aromatic carbocycles. The molecule has 0 bridgehead atoms. The van der Waals surface area contributed by atoms with E-state index >= 15 is 0 Å². The third-order valence-corrected chi connectivity index (χ3v) is 4.37. The molecule has 1 aromatic rings. The van der Waals surface area contributed by atoms with Gasteiger partial charge >= 0.3 is 0 Å². The van der Waals surface area contributed by atoms with E-state index < -0.39 is 0 Å². The number of nitrogens with one attached hydrogen (secondary N) is 1. The maximum atomic E-state index is 8.79. The molecular weight excluding hydrogens is 220 g/mol. The highest BCUT2D eigenvalue weighted by Gasteiger charge is 2.41. The standard InChI is InChI=1S/C16H18N2/c1-11(13-7-5-12(10-17)6-8-13)18-16-9-14-3-2-4-15(14)16/h2,4-8,11,14-16,18H,3,9H2,1H3. The zero-order chi connectivity index (χ0) is 12.5. The molecule has 1 saturated carbocycles. The van der Waals surface area contributed by atoms with Crippen LogP contribution in [0.4, 0.5) is 0 Å². The molecule has 2 heteroatoms. The van der Waals surface area contributed by atoms with Gasteiger partial charge in [-0.3, -0.25) is 0 Å². The van der Waals surface area contributed by atoms with Crippen LogP contribution in [0.5, 0.6) is 0 Å². The molecule has 0 spiro atoms. The van der Waals surface area contributed by atoms with Crippen LogP contribution in [0, 0.1) is 23.2 Å². The van der Waals surface area contributed by atoms with Gasteiger partial charge in [-0.25, -0.2) is 0 Å². The first-order valence-corrected chi connectivity index (χ1v) is 6.70. The Hall–Kier alpha value is -1.59. The monoisotopic (exact) mass is 238 g/mol. The first-order valence-electron chi connectivity index (χ1n) is 6.70. The van der Waals surface area contributed by atoms with Crippen molar-refractivity contribution in [3.63, 3.8) is 0 Å². The number of nitrogens with zero attached hydrogens (tertiary/aromatic N) is 1. The van der Waals surface area contributed by atoms with Crippen molar-refractivity contribution >= 4 is 0 Å². The summed E-state index contributed by atoms with van der Waals surface area (Å²) in [6.07, 6.45) is 7.27. The first kappa shape index (κ1) is 11.5. The van der Waals surface area contributed by atoms with Crippen molar-refractivity contribution in [3.8, 4) is 6.07 Å². The minimum atomic E-state index is 0.359. The van der Waals surface area contributed by atoms with Crippen LogP contribution in [0.3, 0.4) is 0 Å². The van der Waals surface area contributed by atoms with Crippen molar-refractivity contribution in [1.29, 1.82) is 5.26 Å². The number of benzene rings is 1. The van der Waals surface area contributed by atoms with E-state index in [1.165, 1.54) is 18.4 Å². The molecule has 2 aliphatic rings. The summed E-state index contributed by atoms with van der Waals surface area (Å²) < 4.78 is 0. The largest absolute Gasteiger partial charge is 0.307 e. The Morgan fingerprint density at radius 2 is 2.11 bits per heavy atom. The Bertz CT molecular complexity index is 495. The minimum Gasteiger partial charge on any atom is -0.307 e. The van der Waals surface area contributed by atoms with Gasteiger partial charge in [-0.15, -0.1) is 0 Å². The third-order valence-electron chi connectivity index (χ3n) is 4.37. The second kappa shape index (κ2) is 4.59. The highest BCUT2D eigenvalue weighted by molar-refractivity contribution is 5.32. The molecule has 1 fully saturated rings. The van der Waals surface area contributed by atoms with Gasteiger partial charge in [-0.2, -0.15) is 5.26 Å². The highest BCUT2D eigenvalue weighted by Crippen LogP contribution is 2.43. The number of rotatable bonds is 3. The third kappa shape index (κ3) is 1.95. The van der Waals surface area contributed by atoms with Crippen LogP contribution in [0.25, 0.3) is 0 Å². The molecule has 92 valence electrons. The molecule has 0 aliphatic heterocycles. The van der Waals surface area contributed by atoms with Crippen LogP contribution in [-0.2, 0) is 0 Å². The van der Waals surface area contributed by atoms with Gasteiger partial charge in [0, 0.05) is 12.1 Å². The predicted octanol–water partition coefficient (Wildman–Crippen LogP) is 3.17. The maximum Gasteiger partial charge on any atom is 0.0991 e. The van der Waals surface area contributed by atoms with Crippen molar-refractivity contribution in [3.05, 3.63) is 47.5 Å². The van der Waals surface area contributed by atoms with Gasteiger partial charge in [0.05, 0.1) is 11.6 Å². The Kier molecular flexibility index (Phi) is 2.93. The van der Waals surface area contributed by atoms with Gasteiger partial charge < -0.3 is 5.32 Å². The summed E-state index contributed by atoms with van der Waals surface area (Å²) in [5.74, 6) is 1.65. The Labute approximate surface area is 108 Å². The number of nitriles is 1. The van der Waals surface area contributed by atoms with E-state index in [4.69, 9.17) is 5.26 Å². The molecule has 0 heterocycles.